The molecule has 1 saturated carbocycles. The third-order valence-corrected chi connectivity index (χ3v) is 4.71. The molecule has 5 heteroatoms. The third-order valence-electron chi connectivity index (χ3n) is 4.71. The van der Waals surface area contributed by atoms with E-state index in [2.05, 4.69) is 10.3 Å². The molecule has 1 aliphatic rings. The summed E-state index contributed by atoms with van der Waals surface area (Å²) in [5.41, 5.74) is 2.11. The van der Waals surface area contributed by atoms with E-state index >= 15 is 0 Å². The van der Waals surface area contributed by atoms with Crippen LogP contribution in [0.2, 0.25) is 0 Å². The van der Waals surface area contributed by atoms with E-state index in [-0.39, 0.29) is 5.82 Å². The Kier molecular flexibility index (Phi) is 5.16. The Morgan fingerprint density at radius 1 is 1.26 bits per heavy atom. The van der Waals surface area contributed by atoms with Crippen molar-refractivity contribution in [1.82, 2.24) is 15.0 Å². The minimum absolute atomic E-state index is 0.262. The molecule has 0 amide bonds. The number of nitrogens with zero attached hydrogens (tertiary/aromatic N) is 3. The molecule has 0 aliphatic heterocycles. The molecule has 122 valence electrons. The highest BCUT2D eigenvalue weighted by molar-refractivity contribution is 5.73. The molecule has 1 aliphatic carbocycles. The molecule has 1 fully saturated rings. The smallest absolute Gasteiger partial charge is 0.172 e. The van der Waals surface area contributed by atoms with E-state index in [1.165, 1.54) is 44.2 Å². The third kappa shape index (κ3) is 4.03. The molecule has 0 unspecified atom stereocenters. The second kappa shape index (κ2) is 7.49. The largest absolute Gasteiger partial charge is 0.296 e. The summed E-state index contributed by atoms with van der Waals surface area (Å²) in [4.78, 5) is 11.2. The standard InChI is InChI=1S/C18H22FN3O/c19-16-8-4-7-15(11-16)12-22-18(17(13-23)20-21-22)10-9-14-5-2-1-3-6-14/h4,7-8,11,13-14H,1-3,5-6,9-10,12H2. The van der Waals surface area contributed by atoms with Gasteiger partial charge in [0.2, 0.25) is 0 Å². The summed E-state index contributed by atoms with van der Waals surface area (Å²) in [6.07, 6.45) is 9.17. The maximum atomic E-state index is 13.3. The van der Waals surface area contributed by atoms with Crippen LogP contribution in [0.25, 0.3) is 0 Å². The van der Waals surface area contributed by atoms with E-state index in [1.54, 1.807) is 10.7 Å². The summed E-state index contributed by atoms with van der Waals surface area (Å²) in [7, 11) is 0. The average Bonchev–Trinajstić information content (AvgIpc) is 2.95. The topological polar surface area (TPSA) is 47.8 Å². The van der Waals surface area contributed by atoms with Crippen LogP contribution in [0.4, 0.5) is 4.39 Å². The molecule has 0 spiro atoms. The first-order chi connectivity index (χ1) is 11.3. The first-order valence-corrected chi connectivity index (χ1v) is 8.38. The van der Waals surface area contributed by atoms with Crippen molar-refractivity contribution < 1.29 is 9.18 Å². The molecule has 0 bridgehead atoms. The van der Waals surface area contributed by atoms with Crippen LogP contribution in [0.1, 0.15) is 60.3 Å². The van der Waals surface area contributed by atoms with Crippen LogP contribution < -0.4 is 0 Å². The minimum Gasteiger partial charge on any atom is -0.296 e. The number of hydrogen-bond acceptors (Lipinski definition) is 3. The average molecular weight is 315 g/mol. The Morgan fingerprint density at radius 3 is 2.83 bits per heavy atom. The lowest BCUT2D eigenvalue weighted by atomic mass is 9.85. The highest BCUT2D eigenvalue weighted by atomic mass is 19.1. The van der Waals surface area contributed by atoms with E-state index in [0.29, 0.717) is 12.2 Å². The van der Waals surface area contributed by atoms with Gasteiger partial charge in [0, 0.05) is 0 Å². The van der Waals surface area contributed by atoms with Crippen molar-refractivity contribution in [2.75, 3.05) is 0 Å². The number of hydrogen-bond donors (Lipinski definition) is 0. The van der Waals surface area contributed by atoms with Crippen LogP contribution in [-0.2, 0) is 13.0 Å². The van der Waals surface area contributed by atoms with Crippen molar-refractivity contribution in [2.24, 2.45) is 5.92 Å². The number of benzene rings is 1. The van der Waals surface area contributed by atoms with Gasteiger partial charge in [0.15, 0.2) is 6.29 Å². The van der Waals surface area contributed by atoms with Gasteiger partial charge in [-0.15, -0.1) is 5.10 Å². The van der Waals surface area contributed by atoms with Crippen LogP contribution in [-0.4, -0.2) is 21.3 Å². The van der Waals surface area contributed by atoms with Crippen LogP contribution in [0.15, 0.2) is 24.3 Å². The Morgan fingerprint density at radius 2 is 2.09 bits per heavy atom. The quantitative estimate of drug-likeness (QED) is 0.762. The van der Waals surface area contributed by atoms with Gasteiger partial charge in [-0.05, 0) is 36.5 Å². The Labute approximate surface area is 135 Å². The minimum atomic E-state index is -0.262. The number of halogens is 1. The van der Waals surface area contributed by atoms with Crippen molar-refractivity contribution in [3.8, 4) is 0 Å². The number of carbonyl (C=O) groups is 1. The van der Waals surface area contributed by atoms with Gasteiger partial charge in [-0.3, -0.25) is 4.79 Å². The molecule has 2 aromatic rings. The molecule has 4 nitrogen and oxygen atoms in total. The summed E-state index contributed by atoms with van der Waals surface area (Å²) in [5, 5.41) is 8.06. The van der Waals surface area contributed by atoms with Crippen LogP contribution in [0, 0.1) is 11.7 Å². The number of carbonyl (C=O) groups excluding carboxylic acids is 1. The van der Waals surface area contributed by atoms with Crippen molar-refractivity contribution in [1.29, 1.82) is 0 Å². The van der Waals surface area contributed by atoms with E-state index in [1.807, 2.05) is 6.07 Å². The van der Waals surface area contributed by atoms with Crippen LogP contribution in [0.3, 0.4) is 0 Å². The fourth-order valence-corrected chi connectivity index (χ4v) is 3.45. The highest BCUT2D eigenvalue weighted by Gasteiger charge is 2.17. The predicted molar refractivity (Wildman–Crippen MR) is 85.8 cm³/mol. The van der Waals surface area contributed by atoms with Gasteiger partial charge in [-0.25, -0.2) is 9.07 Å². The second-order valence-electron chi connectivity index (χ2n) is 6.37. The van der Waals surface area contributed by atoms with E-state index in [0.717, 1.165) is 36.3 Å². The monoisotopic (exact) mass is 315 g/mol. The molecular weight excluding hydrogens is 293 g/mol. The van der Waals surface area contributed by atoms with Crippen LogP contribution >= 0.6 is 0 Å². The molecule has 0 radical (unpaired) electrons. The van der Waals surface area contributed by atoms with E-state index < -0.39 is 0 Å². The van der Waals surface area contributed by atoms with Gasteiger partial charge in [0.1, 0.15) is 11.5 Å². The zero-order valence-corrected chi connectivity index (χ0v) is 13.2. The highest BCUT2D eigenvalue weighted by Crippen LogP contribution is 2.27. The molecule has 1 aromatic carbocycles. The number of aromatic nitrogens is 3. The fourth-order valence-electron chi connectivity index (χ4n) is 3.45. The lowest BCUT2D eigenvalue weighted by molar-refractivity contribution is 0.111. The molecule has 0 N–H and O–H groups in total. The molecule has 0 atom stereocenters. The summed E-state index contributed by atoms with van der Waals surface area (Å²) in [6, 6.07) is 6.46. The van der Waals surface area contributed by atoms with Crippen LogP contribution in [0.5, 0.6) is 0 Å². The fraction of sp³-hybridized carbons (Fsp3) is 0.500. The van der Waals surface area contributed by atoms with Crippen molar-refractivity contribution in [2.45, 2.75) is 51.5 Å². The molecule has 0 saturated heterocycles. The first-order valence-electron chi connectivity index (χ1n) is 8.38. The Hall–Kier alpha value is -2.04. The van der Waals surface area contributed by atoms with Gasteiger partial charge in [0.25, 0.3) is 0 Å². The summed E-state index contributed by atoms with van der Waals surface area (Å²) in [5.74, 6) is 0.475. The lowest BCUT2D eigenvalue weighted by Crippen LogP contribution is -2.12. The first kappa shape index (κ1) is 15.8. The summed E-state index contributed by atoms with van der Waals surface area (Å²) >= 11 is 0. The normalized spacial score (nSPS) is 15.7. The van der Waals surface area contributed by atoms with Crippen molar-refractivity contribution in [3.05, 3.63) is 47.0 Å². The maximum absolute atomic E-state index is 13.3. The Balaban J connectivity index is 1.72. The lowest BCUT2D eigenvalue weighted by Gasteiger charge is -2.21. The second-order valence-corrected chi connectivity index (χ2v) is 6.37. The zero-order chi connectivity index (χ0) is 16.1. The van der Waals surface area contributed by atoms with E-state index in [4.69, 9.17) is 0 Å². The maximum Gasteiger partial charge on any atom is 0.172 e. The van der Waals surface area contributed by atoms with Crippen molar-refractivity contribution in [3.63, 3.8) is 0 Å². The van der Waals surface area contributed by atoms with Gasteiger partial charge in [-0.2, -0.15) is 0 Å². The molecular formula is C18H22FN3O. The van der Waals surface area contributed by atoms with Gasteiger partial charge in [0.05, 0.1) is 12.2 Å². The Bertz CT molecular complexity index is 662. The van der Waals surface area contributed by atoms with Gasteiger partial charge >= 0.3 is 0 Å². The zero-order valence-electron chi connectivity index (χ0n) is 13.2. The van der Waals surface area contributed by atoms with Gasteiger partial charge < -0.3 is 0 Å². The van der Waals surface area contributed by atoms with Gasteiger partial charge in [-0.1, -0.05) is 49.5 Å². The molecule has 3 rings (SSSR count). The number of aldehydes is 1. The van der Waals surface area contributed by atoms with E-state index in [9.17, 15) is 9.18 Å². The summed E-state index contributed by atoms with van der Waals surface area (Å²) in [6.45, 7) is 0.443. The number of rotatable bonds is 6. The van der Waals surface area contributed by atoms with Crippen molar-refractivity contribution >= 4 is 6.29 Å². The molecule has 23 heavy (non-hydrogen) atoms. The molecule has 1 aromatic heterocycles. The predicted octanol–water partition coefficient (Wildman–Crippen LogP) is 3.79. The summed E-state index contributed by atoms with van der Waals surface area (Å²) < 4.78 is 15.1. The SMILES string of the molecule is O=Cc1nnn(Cc2cccc(F)c2)c1CCC1CCCCC1. The molecule has 1 heterocycles.